The number of benzene rings is 1. The van der Waals surface area contributed by atoms with Crippen molar-refractivity contribution in [1.29, 1.82) is 0 Å². The van der Waals surface area contributed by atoms with Gasteiger partial charge in [-0.3, -0.25) is 4.79 Å². The summed E-state index contributed by atoms with van der Waals surface area (Å²) in [6.45, 7) is 4.12. The highest BCUT2D eigenvalue weighted by molar-refractivity contribution is 5.79. The Balaban J connectivity index is 0.000000427. The summed E-state index contributed by atoms with van der Waals surface area (Å²) < 4.78 is 31.2. The highest BCUT2D eigenvalue weighted by Gasteiger charge is 2.24. The number of rotatable bonds is 6. The lowest BCUT2D eigenvalue weighted by Gasteiger charge is -2.21. The fourth-order valence-electron chi connectivity index (χ4n) is 4.07. The van der Waals surface area contributed by atoms with E-state index in [0.29, 0.717) is 0 Å². The fourth-order valence-corrected chi connectivity index (χ4v) is 4.07. The van der Waals surface area contributed by atoms with E-state index in [2.05, 4.69) is 50.6 Å². The van der Waals surface area contributed by atoms with Crippen molar-refractivity contribution in [3.05, 3.63) is 47.9 Å². The zero-order valence-electron chi connectivity index (χ0n) is 18.2. The number of aromatic amines is 1. The maximum absolute atomic E-state index is 10.4. The largest absolute Gasteiger partial charge is 0.446 e. The molecule has 0 bridgehead atoms. The molecular formula is C24H29F3N4O. The molecule has 2 aromatic heterocycles. The molecule has 4 rings (SSSR count). The van der Waals surface area contributed by atoms with Gasteiger partial charge in [0, 0.05) is 17.8 Å². The lowest BCUT2D eigenvalue weighted by Crippen LogP contribution is -2.19. The molecule has 1 aromatic carbocycles. The van der Waals surface area contributed by atoms with Gasteiger partial charge >= 0.3 is 6.18 Å². The van der Waals surface area contributed by atoms with Crippen LogP contribution in [0.4, 0.5) is 13.2 Å². The zero-order valence-corrected chi connectivity index (χ0v) is 18.2. The maximum Gasteiger partial charge on any atom is 0.446 e. The number of carbonyl (C=O) groups is 1. The van der Waals surface area contributed by atoms with Gasteiger partial charge in [-0.1, -0.05) is 56.4 Å². The molecule has 0 radical (unpaired) electrons. The Morgan fingerprint density at radius 3 is 2.50 bits per heavy atom. The van der Waals surface area contributed by atoms with Crippen molar-refractivity contribution < 1.29 is 18.0 Å². The van der Waals surface area contributed by atoms with Crippen molar-refractivity contribution in [2.45, 2.75) is 58.2 Å². The Kier molecular flexibility index (Phi) is 8.39. The van der Waals surface area contributed by atoms with Gasteiger partial charge in [-0.05, 0) is 43.0 Å². The predicted molar refractivity (Wildman–Crippen MR) is 119 cm³/mol. The van der Waals surface area contributed by atoms with Crippen LogP contribution in [0.5, 0.6) is 0 Å². The van der Waals surface area contributed by atoms with Gasteiger partial charge in [-0.2, -0.15) is 13.2 Å². The molecule has 8 heteroatoms. The highest BCUT2D eigenvalue weighted by atomic mass is 19.4. The number of aldehydes is 1. The molecule has 32 heavy (non-hydrogen) atoms. The molecule has 1 fully saturated rings. The first kappa shape index (κ1) is 23.9. The molecule has 2 heterocycles. The summed E-state index contributed by atoms with van der Waals surface area (Å²) in [6, 6.07) is 11.0. The van der Waals surface area contributed by atoms with Gasteiger partial charge in [-0.25, -0.2) is 9.97 Å². The number of aromatic nitrogens is 3. The number of fused-ring (bicyclic) bond motifs is 1. The molecule has 1 saturated carbocycles. The van der Waals surface area contributed by atoms with Crippen LogP contribution in [-0.2, 0) is 11.3 Å². The topological polar surface area (TPSA) is 70.7 Å². The monoisotopic (exact) mass is 446 g/mol. The molecular weight excluding hydrogens is 417 g/mol. The number of H-pyrrole nitrogens is 1. The third-order valence-electron chi connectivity index (χ3n) is 5.78. The first-order valence-electron chi connectivity index (χ1n) is 11.0. The molecule has 2 N–H and O–H groups in total. The summed E-state index contributed by atoms with van der Waals surface area (Å²) in [6.07, 6.45) is 4.51. The number of alkyl halides is 3. The lowest BCUT2D eigenvalue weighted by molar-refractivity contribution is -0.156. The first-order valence-corrected chi connectivity index (χ1v) is 11.0. The minimum atomic E-state index is -4.64. The third kappa shape index (κ3) is 7.15. The fraction of sp³-hybridized carbons (Fsp3) is 0.458. The van der Waals surface area contributed by atoms with E-state index in [4.69, 9.17) is 4.79 Å². The average Bonchev–Trinajstić information content (AvgIpc) is 3.24. The zero-order chi connectivity index (χ0) is 23.0. The second-order valence-electron chi connectivity index (χ2n) is 8.22. The standard InChI is InChI=1S/C22H28N4.C2HF3O/c1-16-20(13-21-22(26-16)25-15-24-21)19-9-7-18(8-10-19)14-23-12-11-17-5-3-2-4-6-17;3-2(4,5)1-6/h7-10,13,15,17,23H,2-6,11-12,14H2,1H3,(H,24,25,26);1H. The predicted octanol–water partition coefficient (Wildman–Crippen LogP) is 5.74. The average molecular weight is 447 g/mol. The van der Waals surface area contributed by atoms with Crippen LogP contribution >= 0.6 is 0 Å². The van der Waals surface area contributed by atoms with E-state index in [1.165, 1.54) is 55.2 Å². The van der Waals surface area contributed by atoms with Gasteiger partial charge in [0.05, 0.1) is 11.8 Å². The van der Waals surface area contributed by atoms with Crippen molar-refractivity contribution in [1.82, 2.24) is 20.3 Å². The quantitative estimate of drug-likeness (QED) is 0.374. The van der Waals surface area contributed by atoms with Crippen molar-refractivity contribution in [3.8, 4) is 11.1 Å². The van der Waals surface area contributed by atoms with E-state index >= 15 is 0 Å². The van der Waals surface area contributed by atoms with Gasteiger partial charge in [-0.15, -0.1) is 0 Å². The summed E-state index contributed by atoms with van der Waals surface area (Å²) in [4.78, 5) is 20.7. The molecule has 0 spiro atoms. The lowest BCUT2D eigenvalue weighted by atomic mass is 9.87. The Morgan fingerprint density at radius 1 is 1.16 bits per heavy atom. The second kappa shape index (κ2) is 11.2. The first-order chi connectivity index (χ1) is 15.4. The summed E-state index contributed by atoms with van der Waals surface area (Å²) in [5.74, 6) is 0.950. The number of hydrogen-bond acceptors (Lipinski definition) is 4. The van der Waals surface area contributed by atoms with Gasteiger partial charge in [0.2, 0.25) is 6.29 Å². The van der Waals surface area contributed by atoms with Gasteiger partial charge in [0.1, 0.15) is 0 Å². The minimum absolute atomic E-state index is 0.782. The van der Waals surface area contributed by atoms with Crippen molar-refractivity contribution >= 4 is 17.5 Å². The van der Waals surface area contributed by atoms with Crippen LogP contribution in [-0.4, -0.2) is 34.0 Å². The number of hydrogen-bond donors (Lipinski definition) is 2. The molecule has 0 atom stereocenters. The van der Waals surface area contributed by atoms with E-state index in [1.54, 1.807) is 6.33 Å². The van der Waals surface area contributed by atoms with Crippen LogP contribution in [0.3, 0.4) is 0 Å². The number of pyridine rings is 1. The molecule has 0 saturated heterocycles. The Labute approximate surface area is 185 Å². The van der Waals surface area contributed by atoms with Crippen LogP contribution < -0.4 is 5.32 Å². The van der Waals surface area contributed by atoms with Crippen molar-refractivity contribution in [2.24, 2.45) is 5.92 Å². The number of nitrogens with one attached hydrogen (secondary N) is 2. The summed E-state index contributed by atoms with van der Waals surface area (Å²) >= 11 is 0. The SMILES string of the molecule is Cc1nc2nc[nH]c2cc1-c1ccc(CNCCC2CCCCC2)cc1.O=CC(F)(F)F. The van der Waals surface area contributed by atoms with E-state index < -0.39 is 12.5 Å². The molecule has 3 aromatic rings. The Hall–Kier alpha value is -2.74. The molecule has 1 aliphatic carbocycles. The van der Waals surface area contributed by atoms with Crippen LogP contribution in [0.1, 0.15) is 49.8 Å². The number of imidazole rings is 1. The number of aryl methyl sites for hydroxylation is 1. The third-order valence-corrected chi connectivity index (χ3v) is 5.78. The van der Waals surface area contributed by atoms with Crippen molar-refractivity contribution in [3.63, 3.8) is 0 Å². The smallest absolute Gasteiger partial charge is 0.343 e. The Bertz CT molecular complexity index is 993. The van der Waals surface area contributed by atoms with E-state index in [-0.39, 0.29) is 0 Å². The molecule has 5 nitrogen and oxygen atoms in total. The van der Waals surface area contributed by atoms with Gasteiger partial charge in [0.25, 0.3) is 0 Å². The maximum atomic E-state index is 10.4. The van der Waals surface area contributed by atoms with Crippen LogP contribution in [0.25, 0.3) is 22.3 Å². The van der Waals surface area contributed by atoms with E-state index in [1.807, 2.05) is 6.92 Å². The van der Waals surface area contributed by atoms with E-state index in [9.17, 15) is 13.2 Å². The van der Waals surface area contributed by atoms with Crippen LogP contribution in [0, 0.1) is 12.8 Å². The molecule has 0 amide bonds. The molecule has 0 unspecified atom stereocenters. The molecule has 172 valence electrons. The van der Waals surface area contributed by atoms with Crippen LogP contribution in [0.2, 0.25) is 0 Å². The normalized spacial score (nSPS) is 14.8. The number of carbonyl (C=O) groups excluding carboxylic acids is 1. The summed E-state index contributed by atoms with van der Waals surface area (Å²) in [5, 5.41) is 3.61. The molecule has 1 aliphatic rings. The number of halogens is 3. The number of nitrogens with zero attached hydrogens (tertiary/aromatic N) is 2. The summed E-state index contributed by atoms with van der Waals surface area (Å²) in [7, 11) is 0. The van der Waals surface area contributed by atoms with E-state index in [0.717, 1.165) is 35.9 Å². The minimum Gasteiger partial charge on any atom is -0.343 e. The van der Waals surface area contributed by atoms with Crippen LogP contribution in [0.15, 0.2) is 36.7 Å². The summed E-state index contributed by atoms with van der Waals surface area (Å²) in [5.41, 5.74) is 6.49. The Morgan fingerprint density at radius 2 is 1.84 bits per heavy atom. The highest BCUT2D eigenvalue weighted by Crippen LogP contribution is 2.26. The molecule has 0 aliphatic heterocycles. The van der Waals surface area contributed by atoms with Gasteiger partial charge < -0.3 is 10.3 Å². The van der Waals surface area contributed by atoms with Crippen molar-refractivity contribution in [2.75, 3.05) is 6.54 Å². The van der Waals surface area contributed by atoms with Gasteiger partial charge in [0.15, 0.2) is 5.65 Å². The second-order valence-corrected chi connectivity index (χ2v) is 8.22.